The first-order chi connectivity index (χ1) is 8.54. The summed E-state index contributed by atoms with van der Waals surface area (Å²) in [5, 5.41) is 4.09. The molecule has 0 saturated carbocycles. The summed E-state index contributed by atoms with van der Waals surface area (Å²) >= 11 is 6.04. The van der Waals surface area contributed by atoms with Crippen molar-refractivity contribution in [2.75, 3.05) is 6.54 Å². The van der Waals surface area contributed by atoms with Crippen LogP contribution in [0.1, 0.15) is 39.2 Å². The third kappa shape index (κ3) is 4.95. The van der Waals surface area contributed by atoms with Crippen molar-refractivity contribution in [1.29, 1.82) is 0 Å². The second kappa shape index (κ2) is 7.75. The monoisotopic (exact) mass is 271 g/mol. The number of hydrogen-bond donors (Lipinski definition) is 1. The van der Waals surface area contributed by atoms with Crippen molar-refractivity contribution < 1.29 is 4.39 Å². The lowest BCUT2D eigenvalue weighted by molar-refractivity contribution is 0.378. The van der Waals surface area contributed by atoms with Gasteiger partial charge in [-0.25, -0.2) is 4.39 Å². The Bertz CT molecular complexity index is 366. The SMILES string of the molecule is CCCNC(CCc1ccc(F)cc1Cl)C(C)C. The molecule has 1 N–H and O–H groups in total. The zero-order chi connectivity index (χ0) is 13.5. The molecule has 1 aromatic carbocycles. The topological polar surface area (TPSA) is 12.0 Å². The number of benzene rings is 1. The zero-order valence-corrected chi connectivity index (χ0v) is 12.2. The standard InChI is InChI=1S/C15H23ClFN/c1-4-9-18-15(11(2)3)8-6-12-5-7-13(17)10-14(12)16/h5,7,10-11,15,18H,4,6,8-9H2,1-3H3. The van der Waals surface area contributed by atoms with Gasteiger partial charge in [0.25, 0.3) is 0 Å². The first-order valence-electron chi connectivity index (χ1n) is 6.72. The Labute approximate surface area is 115 Å². The Morgan fingerprint density at radius 1 is 1.33 bits per heavy atom. The maximum Gasteiger partial charge on any atom is 0.124 e. The van der Waals surface area contributed by atoms with Gasteiger partial charge < -0.3 is 5.32 Å². The highest BCUT2D eigenvalue weighted by molar-refractivity contribution is 6.31. The summed E-state index contributed by atoms with van der Waals surface area (Å²) in [6, 6.07) is 5.15. The summed E-state index contributed by atoms with van der Waals surface area (Å²) in [4.78, 5) is 0. The summed E-state index contributed by atoms with van der Waals surface area (Å²) in [6.07, 6.45) is 3.06. The van der Waals surface area contributed by atoms with Gasteiger partial charge in [0, 0.05) is 11.1 Å². The van der Waals surface area contributed by atoms with Crippen LogP contribution in [0.15, 0.2) is 18.2 Å². The van der Waals surface area contributed by atoms with E-state index in [1.54, 1.807) is 6.07 Å². The first kappa shape index (κ1) is 15.5. The fraction of sp³-hybridized carbons (Fsp3) is 0.600. The lowest BCUT2D eigenvalue weighted by Gasteiger charge is -2.22. The molecule has 3 heteroatoms. The molecule has 1 atom stereocenters. The van der Waals surface area contributed by atoms with Crippen molar-refractivity contribution in [3.8, 4) is 0 Å². The highest BCUT2D eigenvalue weighted by Crippen LogP contribution is 2.20. The number of halogens is 2. The molecule has 18 heavy (non-hydrogen) atoms. The van der Waals surface area contributed by atoms with Gasteiger partial charge >= 0.3 is 0 Å². The lowest BCUT2D eigenvalue weighted by atomic mass is 9.96. The molecule has 0 heterocycles. The Morgan fingerprint density at radius 3 is 2.61 bits per heavy atom. The summed E-state index contributed by atoms with van der Waals surface area (Å²) in [6.45, 7) is 7.65. The van der Waals surface area contributed by atoms with Crippen LogP contribution in [0.5, 0.6) is 0 Å². The van der Waals surface area contributed by atoms with Crippen LogP contribution in [-0.2, 0) is 6.42 Å². The summed E-state index contributed by atoms with van der Waals surface area (Å²) in [5.41, 5.74) is 1.03. The van der Waals surface area contributed by atoms with Crippen molar-refractivity contribution in [1.82, 2.24) is 5.32 Å². The van der Waals surface area contributed by atoms with Crippen LogP contribution in [-0.4, -0.2) is 12.6 Å². The molecule has 0 fully saturated rings. The molecule has 0 bridgehead atoms. The molecular weight excluding hydrogens is 249 g/mol. The van der Waals surface area contributed by atoms with E-state index in [2.05, 4.69) is 26.1 Å². The van der Waals surface area contributed by atoms with Gasteiger partial charge in [0.05, 0.1) is 0 Å². The van der Waals surface area contributed by atoms with Gasteiger partial charge in [-0.3, -0.25) is 0 Å². The van der Waals surface area contributed by atoms with E-state index < -0.39 is 0 Å². The predicted octanol–water partition coefficient (Wildman–Crippen LogP) is 4.44. The van der Waals surface area contributed by atoms with Gasteiger partial charge in [-0.1, -0.05) is 38.4 Å². The van der Waals surface area contributed by atoms with Crippen LogP contribution in [0.25, 0.3) is 0 Å². The average molecular weight is 272 g/mol. The number of aryl methyl sites for hydroxylation is 1. The van der Waals surface area contributed by atoms with Crippen LogP contribution in [0.4, 0.5) is 4.39 Å². The summed E-state index contributed by atoms with van der Waals surface area (Å²) in [7, 11) is 0. The van der Waals surface area contributed by atoms with Crippen LogP contribution in [0, 0.1) is 11.7 Å². The molecule has 1 aromatic rings. The Balaban J connectivity index is 2.55. The maximum atomic E-state index is 12.9. The van der Waals surface area contributed by atoms with Crippen molar-refractivity contribution >= 4 is 11.6 Å². The molecule has 1 rings (SSSR count). The van der Waals surface area contributed by atoms with Gasteiger partial charge in [-0.05, 0) is 49.4 Å². The van der Waals surface area contributed by atoms with E-state index >= 15 is 0 Å². The smallest absolute Gasteiger partial charge is 0.124 e. The number of nitrogens with one attached hydrogen (secondary N) is 1. The molecule has 1 unspecified atom stereocenters. The third-order valence-electron chi connectivity index (χ3n) is 3.20. The van der Waals surface area contributed by atoms with Crippen molar-refractivity contribution in [2.45, 2.75) is 46.1 Å². The quantitative estimate of drug-likeness (QED) is 0.773. The van der Waals surface area contributed by atoms with E-state index in [1.807, 2.05) is 0 Å². The summed E-state index contributed by atoms with van der Waals surface area (Å²) in [5.74, 6) is 0.323. The molecule has 0 saturated heterocycles. The van der Waals surface area contributed by atoms with Crippen LogP contribution in [0.2, 0.25) is 5.02 Å². The van der Waals surface area contributed by atoms with Gasteiger partial charge in [-0.15, -0.1) is 0 Å². The molecular formula is C15H23ClFN. The molecule has 0 aromatic heterocycles. The van der Waals surface area contributed by atoms with Crippen molar-refractivity contribution in [3.05, 3.63) is 34.6 Å². The normalized spacial score (nSPS) is 13.0. The second-order valence-corrected chi connectivity index (χ2v) is 5.49. The first-order valence-corrected chi connectivity index (χ1v) is 7.09. The van der Waals surface area contributed by atoms with E-state index in [9.17, 15) is 4.39 Å². The Hall–Kier alpha value is -0.600. The van der Waals surface area contributed by atoms with Gasteiger partial charge in [0.2, 0.25) is 0 Å². The van der Waals surface area contributed by atoms with Crippen LogP contribution in [0.3, 0.4) is 0 Å². The Morgan fingerprint density at radius 2 is 2.06 bits per heavy atom. The van der Waals surface area contributed by atoms with Crippen LogP contribution >= 0.6 is 11.6 Å². The fourth-order valence-corrected chi connectivity index (χ4v) is 2.30. The molecule has 0 aliphatic rings. The molecule has 0 aliphatic carbocycles. The van der Waals surface area contributed by atoms with Gasteiger partial charge in [-0.2, -0.15) is 0 Å². The molecule has 1 nitrogen and oxygen atoms in total. The van der Waals surface area contributed by atoms with Crippen molar-refractivity contribution in [2.24, 2.45) is 5.92 Å². The molecule has 0 spiro atoms. The third-order valence-corrected chi connectivity index (χ3v) is 3.55. The minimum atomic E-state index is -0.270. The minimum Gasteiger partial charge on any atom is -0.314 e. The molecule has 102 valence electrons. The molecule has 0 amide bonds. The number of hydrogen-bond acceptors (Lipinski definition) is 1. The van der Waals surface area contributed by atoms with E-state index in [1.165, 1.54) is 12.1 Å². The summed E-state index contributed by atoms with van der Waals surface area (Å²) < 4.78 is 12.9. The second-order valence-electron chi connectivity index (χ2n) is 5.08. The van der Waals surface area contributed by atoms with E-state index in [0.717, 1.165) is 31.4 Å². The zero-order valence-electron chi connectivity index (χ0n) is 11.5. The van der Waals surface area contributed by atoms with Crippen molar-refractivity contribution in [3.63, 3.8) is 0 Å². The van der Waals surface area contributed by atoms with Crippen LogP contribution < -0.4 is 5.32 Å². The molecule has 0 aliphatic heterocycles. The maximum absolute atomic E-state index is 12.9. The van der Waals surface area contributed by atoms with Gasteiger partial charge in [0.1, 0.15) is 5.82 Å². The van der Waals surface area contributed by atoms with E-state index in [4.69, 9.17) is 11.6 Å². The average Bonchev–Trinajstić information content (AvgIpc) is 2.31. The Kier molecular flexibility index (Phi) is 6.66. The largest absolute Gasteiger partial charge is 0.314 e. The lowest BCUT2D eigenvalue weighted by Crippen LogP contribution is -2.34. The fourth-order valence-electron chi connectivity index (χ4n) is 2.04. The molecule has 0 radical (unpaired) electrons. The highest BCUT2D eigenvalue weighted by atomic mass is 35.5. The minimum absolute atomic E-state index is 0.270. The number of rotatable bonds is 7. The van der Waals surface area contributed by atoms with E-state index in [-0.39, 0.29) is 5.82 Å². The predicted molar refractivity (Wildman–Crippen MR) is 76.7 cm³/mol. The highest BCUT2D eigenvalue weighted by Gasteiger charge is 2.13. The van der Waals surface area contributed by atoms with E-state index in [0.29, 0.717) is 17.0 Å². The van der Waals surface area contributed by atoms with Gasteiger partial charge in [0.15, 0.2) is 0 Å².